The first-order chi connectivity index (χ1) is 13.0. The van der Waals surface area contributed by atoms with Gasteiger partial charge in [-0.25, -0.2) is 0 Å². The lowest BCUT2D eigenvalue weighted by atomic mass is 10.1. The number of nitrogens with one attached hydrogen (secondary N) is 1. The summed E-state index contributed by atoms with van der Waals surface area (Å²) in [7, 11) is 3.21. The van der Waals surface area contributed by atoms with Gasteiger partial charge in [-0.05, 0) is 36.6 Å². The Bertz CT molecular complexity index is 754. The first-order valence-electron chi connectivity index (χ1n) is 9.18. The minimum atomic E-state index is -0.505. The van der Waals surface area contributed by atoms with Crippen molar-refractivity contribution in [2.45, 2.75) is 39.3 Å². The zero-order chi connectivity index (χ0) is 19.8. The van der Waals surface area contributed by atoms with Crippen LogP contribution in [0.4, 0.5) is 0 Å². The predicted molar refractivity (Wildman–Crippen MR) is 107 cm³/mol. The van der Waals surface area contributed by atoms with Gasteiger partial charge in [-0.1, -0.05) is 48.9 Å². The average Bonchev–Trinajstić information content (AvgIpc) is 2.69. The third-order valence-electron chi connectivity index (χ3n) is 4.62. The van der Waals surface area contributed by atoms with E-state index in [0.717, 1.165) is 22.4 Å². The number of hydrogen-bond acceptors (Lipinski definition) is 3. The van der Waals surface area contributed by atoms with Gasteiger partial charge in [0.05, 0.1) is 13.5 Å². The molecule has 0 saturated heterocycles. The van der Waals surface area contributed by atoms with Crippen LogP contribution in [0, 0.1) is 6.92 Å². The summed E-state index contributed by atoms with van der Waals surface area (Å²) in [5.74, 6) is 0.544. The normalized spacial score (nSPS) is 11.6. The Labute approximate surface area is 161 Å². The van der Waals surface area contributed by atoms with Gasteiger partial charge < -0.3 is 15.0 Å². The van der Waals surface area contributed by atoms with Crippen LogP contribution >= 0.6 is 0 Å². The molecule has 0 aliphatic heterocycles. The molecule has 1 N–H and O–H groups in total. The number of hydrogen-bond donors (Lipinski definition) is 1. The number of nitrogens with zero attached hydrogens (tertiary/aromatic N) is 1. The Hall–Kier alpha value is -2.82. The SMILES string of the molecule is CCC(C(=O)NC)N(Cc1ccc(OC)cc1)C(=O)Cc1ccc(C)cc1. The summed E-state index contributed by atoms with van der Waals surface area (Å²) in [5.41, 5.74) is 3.05. The molecule has 27 heavy (non-hydrogen) atoms. The highest BCUT2D eigenvalue weighted by Crippen LogP contribution is 2.17. The Morgan fingerprint density at radius 3 is 2.15 bits per heavy atom. The van der Waals surface area contributed by atoms with E-state index in [-0.39, 0.29) is 18.2 Å². The third-order valence-corrected chi connectivity index (χ3v) is 4.62. The number of amides is 2. The van der Waals surface area contributed by atoms with Gasteiger partial charge >= 0.3 is 0 Å². The van der Waals surface area contributed by atoms with Crippen LogP contribution in [-0.4, -0.2) is 36.9 Å². The number of aryl methyl sites for hydroxylation is 1. The van der Waals surface area contributed by atoms with Gasteiger partial charge in [-0.2, -0.15) is 0 Å². The van der Waals surface area contributed by atoms with Crippen LogP contribution < -0.4 is 10.1 Å². The second kappa shape index (κ2) is 9.76. The van der Waals surface area contributed by atoms with Crippen molar-refractivity contribution in [3.05, 3.63) is 65.2 Å². The molecule has 2 amide bonds. The lowest BCUT2D eigenvalue weighted by molar-refractivity contribution is -0.140. The molecule has 0 radical (unpaired) electrons. The summed E-state index contributed by atoms with van der Waals surface area (Å²) in [4.78, 5) is 27.1. The van der Waals surface area contributed by atoms with Crippen LogP contribution in [0.1, 0.15) is 30.0 Å². The fraction of sp³-hybridized carbons (Fsp3) is 0.364. The van der Waals surface area contributed by atoms with Gasteiger partial charge in [0.15, 0.2) is 0 Å². The van der Waals surface area contributed by atoms with Crippen molar-refractivity contribution >= 4 is 11.8 Å². The molecule has 1 unspecified atom stereocenters. The lowest BCUT2D eigenvalue weighted by Crippen LogP contribution is -2.48. The summed E-state index contributed by atoms with van der Waals surface area (Å²) in [5, 5.41) is 2.67. The zero-order valence-corrected chi connectivity index (χ0v) is 16.5. The Morgan fingerprint density at radius 2 is 1.63 bits per heavy atom. The lowest BCUT2D eigenvalue weighted by Gasteiger charge is -2.30. The summed E-state index contributed by atoms with van der Waals surface area (Å²) >= 11 is 0. The van der Waals surface area contributed by atoms with Crippen LogP contribution in [0.15, 0.2) is 48.5 Å². The van der Waals surface area contributed by atoms with Gasteiger partial charge in [0.2, 0.25) is 11.8 Å². The molecule has 0 heterocycles. The Kier molecular flexibility index (Phi) is 7.41. The van der Waals surface area contributed by atoms with E-state index in [1.807, 2.05) is 62.4 Å². The molecule has 144 valence electrons. The van der Waals surface area contributed by atoms with Gasteiger partial charge in [0, 0.05) is 13.6 Å². The van der Waals surface area contributed by atoms with Crippen LogP contribution in [0.25, 0.3) is 0 Å². The first kappa shape index (κ1) is 20.5. The molecule has 2 aromatic carbocycles. The summed E-state index contributed by atoms with van der Waals surface area (Å²) in [6, 6.07) is 15.0. The monoisotopic (exact) mass is 368 g/mol. The van der Waals surface area contributed by atoms with E-state index in [1.165, 1.54) is 0 Å². The van der Waals surface area contributed by atoms with Crippen molar-refractivity contribution in [1.82, 2.24) is 10.2 Å². The Morgan fingerprint density at radius 1 is 1.04 bits per heavy atom. The zero-order valence-electron chi connectivity index (χ0n) is 16.5. The molecule has 0 saturated carbocycles. The molecule has 2 aromatic rings. The van der Waals surface area contributed by atoms with Crippen LogP contribution in [0.3, 0.4) is 0 Å². The van der Waals surface area contributed by atoms with Crippen molar-refractivity contribution in [3.8, 4) is 5.75 Å². The van der Waals surface area contributed by atoms with Gasteiger partial charge in [0.25, 0.3) is 0 Å². The molecule has 0 fully saturated rings. The molecule has 0 aliphatic carbocycles. The maximum Gasteiger partial charge on any atom is 0.242 e. The molecular weight excluding hydrogens is 340 g/mol. The average molecular weight is 368 g/mol. The van der Waals surface area contributed by atoms with Gasteiger partial charge in [-0.3, -0.25) is 9.59 Å². The standard InChI is InChI=1S/C22H28N2O3/c1-5-20(22(26)23-3)24(15-18-10-12-19(27-4)13-11-18)21(25)14-17-8-6-16(2)7-9-17/h6-13,20H,5,14-15H2,1-4H3,(H,23,26). The third kappa shape index (κ3) is 5.58. The molecule has 1 atom stereocenters. The smallest absolute Gasteiger partial charge is 0.242 e. The van der Waals surface area contributed by atoms with Crippen LogP contribution in [0.2, 0.25) is 0 Å². The van der Waals surface area contributed by atoms with E-state index in [2.05, 4.69) is 5.32 Å². The summed E-state index contributed by atoms with van der Waals surface area (Å²) in [6.45, 7) is 4.31. The molecule has 5 nitrogen and oxygen atoms in total. The minimum absolute atomic E-state index is 0.0647. The number of likely N-dealkylation sites (N-methyl/N-ethyl adjacent to an activating group) is 1. The van der Waals surface area contributed by atoms with E-state index >= 15 is 0 Å². The number of carbonyl (C=O) groups excluding carboxylic acids is 2. The number of benzene rings is 2. The van der Waals surface area contributed by atoms with E-state index in [0.29, 0.717) is 13.0 Å². The number of rotatable bonds is 8. The first-order valence-corrected chi connectivity index (χ1v) is 9.18. The molecule has 5 heteroatoms. The minimum Gasteiger partial charge on any atom is -0.497 e. The highest BCUT2D eigenvalue weighted by Gasteiger charge is 2.27. The van der Waals surface area contributed by atoms with Crippen LogP contribution in [0.5, 0.6) is 5.75 Å². The van der Waals surface area contributed by atoms with E-state index in [4.69, 9.17) is 4.74 Å². The summed E-state index contributed by atoms with van der Waals surface area (Å²) < 4.78 is 5.19. The molecule has 0 aromatic heterocycles. The molecule has 0 aliphatic rings. The van der Waals surface area contributed by atoms with Crippen molar-refractivity contribution < 1.29 is 14.3 Å². The quantitative estimate of drug-likeness (QED) is 0.779. The maximum atomic E-state index is 13.1. The predicted octanol–water partition coefficient (Wildman–Crippen LogP) is 3.10. The van der Waals surface area contributed by atoms with Crippen LogP contribution in [-0.2, 0) is 22.6 Å². The molecule has 2 rings (SSSR count). The second-order valence-corrected chi connectivity index (χ2v) is 6.57. The topological polar surface area (TPSA) is 58.6 Å². The molecular formula is C22H28N2O3. The molecule has 0 spiro atoms. The fourth-order valence-electron chi connectivity index (χ4n) is 3.00. The molecule has 0 bridgehead atoms. The van der Waals surface area contributed by atoms with Crippen molar-refractivity contribution in [1.29, 1.82) is 0 Å². The summed E-state index contributed by atoms with van der Waals surface area (Å²) in [6.07, 6.45) is 0.819. The Balaban J connectivity index is 2.25. The fourth-order valence-corrected chi connectivity index (χ4v) is 3.00. The van der Waals surface area contributed by atoms with E-state index in [1.54, 1.807) is 19.1 Å². The highest BCUT2D eigenvalue weighted by molar-refractivity contribution is 5.88. The van der Waals surface area contributed by atoms with Crippen molar-refractivity contribution in [2.75, 3.05) is 14.2 Å². The number of ether oxygens (including phenoxy) is 1. The van der Waals surface area contributed by atoms with Gasteiger partial charge in [0.1, 0.15) is 11.8 Å². The van der Waals surface area contributed by atoms with E-state index < -0.39 is 6.04 Å². The number of carbonyl (C=O) groups is 2. The maximum absolute atomic E-state index is 13.1. The number of methoxy groups -OCH3 is 1. The highest BCUT2D eigenvalue weighted by atomic mass is 16.5. The largest absolute Gasteiger partial charge is 0.497 e. The van der Waals surface area contributed by atoms with Crippen molar-refractivity contribution in [3.63, 3.8) is 0 Å². The second-order valence-electron chi connectivity index (χ2n) is 6.57. The van der Waals surface area contributed by atoms with Crippen molar-refractivity contribution in [2.24, 2.45) is 0 Å². The van der Waals surface area contributed by atoms with E-state index in [9.17, 15) is 9.59 Å². The van der Waals surface area contributed by atoms with Gasteiger partial charge in [-0.15, -0.1) is 0 Å².